The van der Waals surface area contributed by atoms with Gasteiger partial charge in [0.25, 0.3) is 5.91 Å². The van der Waals surface area contributed by atoms with Crippen molar-refractivity contribution in [2.45, 2.75) is 75.8 Å². The second-order valence-electron chi connectivity index (χ2n) is 10.4. The molecule has 0 aromatic heterocycles. The average molecular weight is 501 g/mol. The summed E-state index contributed by atoms with van der Waals surface area (Å²) in [6, 6.07) is 23.1. The van der Waals surface area contributed by atoms with Gasteiger partial charge in [0.1, 0.15) is 5.75 Å². The second-order valence-corrected chi connectivity index (χ2v) is 12.1. The summed E-state index contributed by atoms with van der Waals surface area (Å²) < 4.78 is 11.9. The lowest BCUT2D eigenvalue weighted by atomic mass is 10.0. The van der Waals surface area contributed by atoms with E-state index in [1.54, 1.807) is 0 Å². The molecule has 1 amide bonds. The Morgan fingerprint density at radius 1 is 0.917 bits per heavy atom. The Morgan fingerprint density at radius 3 is 2.00 bits per heavy atom. The molecule has 36 heavy (non-hydrogen) atoms. The van der Waals surface area contributed by atoms with Gasteiger partial charge in [-0.2, -0.15) is 0 Å². The molecule has 0 saturated heterocycles. The molecule has 5 rings (SSSR count). The summed E-state index contributed by atoms with van der Waals surface area (Å²) in [6.45, 7) is 6.80. The molecule has 1 atom stereocenters. The van der Waals surface area contributed by atoms with Crippen LogP contribution in [0, 0.1) is 0 Å². The van der Waals surface area contributed by atoms with Crippen LogP contribution in [-0.2, 0) is 17.7 Å². The molecule has 1 N–H and O–H groups in total. The van der Waals surface area contributed by atoms with Gasteiger partial charge in [0.05, 0.1) is 0 Å². The Balaban J connectivity index is 1.29. The molecule has 2 fully saturated rings. The minimum Gasteiger partial charge on any atom is -0.611 e. The number of anilines is 2. The highest BCUT2D eigenvalue weighted by Crippen LogP contribution is 2.47. The molecule has 1 unspecified atom stereocenters. The van der Waals surface area contributed by atoms with E-state index in [1.807, 2.05) is 43.3 Å². The van der Waals surface area contributed by atoms with Crippen molar-refractivity contribution in [3.8, 4) is 0 Å². The maximum Gasteiger partial charge on any atom is 0.251 e. The highest BCUT2D eigenvalue weighted by molar-refractivity contribution is 7.91. The summed E-state index contributed by atoms with van der Waals surface area (Å²) in [6.07, 6.45) is 5.23. The van der Waals surface area contributed by atoms with Gasteiger partial charge in [0.2, 0.25) is 0 Å². The van der Waals surface area contributed by atoms with Crippen LogP contribution in [0.15, 0.2) is 71.6 Å². The summed E-state index contributed by atoms with van der Waals surface area (Å²) in [5, 5.41) is 3.01. The van der Waals surface area contributed by atoms with Crippen molar-refractivity contribution < 1.29 is 9.35 Å². The molecule has 4 nitrogen and oxygen atoms in total. The van der Waals surface area contributed by atoms with Gasteiger partial charge >= 0.3 is 0 Å². The number of nitrogens with one attached hydrogen (secondary N) is 1. The van der Waals surface area contributed by atoms with E-state index in [1.165, 1.54) is 42.5 Å². The van der Waals surface area contributed by atoms with Crippen LogP contribution in [0.4, 0.5) is 11.4 Å². The second kappa shape index (κ2) is 10.7. The van der Waals surface area contributed by atoms with Crippen molar-refractivity contribution in [1.29, 1.82) is 0 Å². The minimum absolute atomic E-state index is 0.0920. The molecular weight excluding hydrogens is 464 g/mol. The number of amides is 1. The minimum atomic E-state index is -0.958. The van der Waals surface area contributed by atoms with E-state index in [2.05, 4.69) is 54.4 Å². The van der Waals surface area contributed by atoms with Gasteiger partial charge in [-0.15, -0.1) is 0 Å². The monoisotopic (exact) mass is 500 g/mol. The van der Waals surface area contributed by atoms with Crippen LogP contribution in [0.1, 0.15) is 85.3 Å². The lowest BCUT2D eigenvalue weighted by Gasteiger charge is -2.30. The Morgan fingerprint density at radius 2 is 1.50 bits per heavy atom. The molecule has 3 aromatic carbocycles. The number of carbonyl (C=O) groups is 1. The Kier molecular flexibility index (Phi) is 7.40. The number of carbonyl (C=O) groups excluding carboxylic acids is 1. The topological polar surface area (TPSA) is 55.4 Å². The summed E-state index contributed by atoms with van der Waals surface area (Å²) in [5.74, 6) is 1.97. The van der Waals surface area contributed by atoms with Crippen molar-refractivity contribution in [2.75, 3.05) is 10.7 Å². The van der Waals surface area contributed by atoms with E-state index in [0.29, 0.717) is 23.9 Å². The third-order valence-electron chi connectivity index (χ3n) is 7.16. The Hall–Kier alpha value is -2.76. The van der Waals surface area contributed by atoms with Crippen molar-refractivity contribution in [3.63, 3.8) is 0 Å². The number of benzene rings is 3. The van der Waals surface area contributed by atoms with Crippen LogP contribution >= 0.6 is 0 Å². The highest BCUT2D eigenvalue weighted by Gasteiger charge is 2.29. The van der Waals surface area contributed by atoms with E-state index in [9.17, 15) is 9.35 Å². The molecule has 0 aliphatic heterocycles. The average Bonchev–Trinajstić information content (AvgIpc) is 3.80. The molecule has 0 bridgehead atoms. The summed E-state index contributed by atoms with van der Waals surface area (Å²) in [5.41, 5.74) is 6.99. The quantitative estimate of drug-likeness (QED) is 0.304. The summed E-state index contributed by atoms with van der Waals surface area (Å²) in [7, 11) is 0. The van der Waals surface area contributed by atoms with Gasteiger partial charge in [-0.05, 0) is 135 Å². The zero-order valence-corrected chi connectivity index (χ0v) is 22.3. The van der Waals surface area contributed by atoms with Gasteiger partial charge in [0.15, 0.2) is 4.90 Å². The molecule has 188 valence electrons. The fourth-order valence-electron chi connectivity index (χ4n) is 4.83. The van der Waals surface area contributed by atoms with Gasteiger partial charge < -0.3 is 14.8 Å². The Labute approximate surface area is 218 Å². The SMILES string of the molecule is CC[S+]([O-])c1ccc(CNC(=O)c2ccc(N(c3cc(C4CC4)cc(C4CC4)c3)C(C)C)cc2)cc1. The van der Waals surface area contributed by atoms with E-state index < -0.39 is 11.2 Å². The molecule has 0 radical (unpaired) electrons. The number of hydrogen-bond donors (Lipinski definition) is 1. The number of rotatable bonds is 10. The van der Waals surface area contributed by atoms with Crippen LogP contribution in [0.2, 0.25) is 0 Å². The fourth-order valence-corrected chi connectivity index (χ4v) is 5.60. The van der Waals surface area contributed by atoms with Crippen LogP contribution in [0.25, 0.3) is 0 Å². The molecular formula is C31H36N2O2S. The van der Waals surface area contributed by atoms with Crippen LogP contribution in [0.5, 0.6) is 0 Å². The zero-order chi connectivity index (χ0) is 25.2. The van der Waals surface area contributed by atoms with Crippen molar-refractivity contribution in [1.82, 2.24) is 5.32 Å². The van der Waals surface area contributed by atoms with Gasteiger partial charge in [-0.1, -0.05) is 18.2 Å². The summed E-state index contributed by atoms with van der Waals surface area (Å²) >= 11 is -0.958. The standard InChI is InChI=1S/C31H36N2O2S/c1-4-36(35)30-15-5-22(6-16-30)20-32-31(34)25-11-13-28(14-12-25)33(21(2)3)29-18-26(23-7-8-23)17-27(19-29)24-9-10-24/h5-6,11-19,21,23-24H,4,7-10,20H2,1-3H3,(H,32,34). The first-order valence-corrected chi connectivity index (χ1v) is 14.5. The Bertz CT molecular complexity index is 1170. The normalized spacial score (nSPS) is 16.1. The number of nitrogens with zero attached hydrogens (tertiary/aromatic N) is 1. The maximum atomic E-state index is 12.8. The molecule has 2 saturated carbocycles. The van der Waals surface area contributed by atoms with Crippen LogP contribution in [0.3, 0.4) is 0 Å². The van der Waals surface area contributed by atoms with Gasteiger partial charge in [-0.3, -0.25) is 4.79 Å². The predicted molar refractivity (Wildman–Crippen MR) is 149 cm³/mol. The first kappa shape index (κ1) is 24.9. The van der Waals surface area contributed by atoms with Gasteiger partial charge in [0, 0.05) is 29.5 Å². The first-order chi connectivity index (χ1) is 17.4. The molecule has 5 heteroatoms. The molecule has 2 aliphatic rings. The molecule has 3 aromatic rings. The van der Waals surface area contributed by atoms with Crippen molar-refractivity contribution in [3.05, 3.63) is 89.0 Å². The third-order valence-corrected chi connectivity index (χ3v) is 8.49. The fraction of sp³-hybridized carbons (Fsp3) is 0.387. The number of hydrogen-bond acceptors (Lipinski definition) is 3. The smallest absolute Gasteiger partial charge is 0.251 e. The zero-order valence-electron chi connectivity index (χ0n) is 21.5. The van der Waals surface area contributed by atoms with Crippen LogP contribution in [-0.4, -0.2) is 22.3 Å². The maximum absolute atomic E-state index is 12.8. The lowest BCUT2D eigenvalue weighted by Crippen LogP contribution is -2.26. The lowest BCUT2D eigenvalue weighted by molar-refractivity contribution is 0.0951. The van der Waals surface area contributed by atoms with Crippen molar-refractivity contribution >= 4 is 28.5 Å². The van der Waals surface area contributed by atoms with E-state index in [-0.39, 0.29) is 5.91 Å². The van der Waals surface area contributed by atoms with Crippen LogP contribution < -0.4 is 10.2 Å². The summed E-state index contributed by atoms with van der Waals surface area (Å²) in [4.78, 5) is 16.0. The molecule has 0 spiro atoms. The third kappa shape index (κ3) is 5.79. The van der Waals surface area contributed by atoms with E-state index in [4.69, 9.17) is 0 Å². The first-order valence-electron chi connectivity index (χ1n) is 13.2. The molecule has 2 aliphatic carbocycles. The largest absolute Gasteiger partial charge is 0.611 e. The van der Waals surface area contributed by atoms with Gasteiger partial charge in [-0.25, -0.2) is 0 Å². The van der Waals surface area contributed by atoms with Crippen molar-refractivity contribution in [2.24, 2.45) is 0 Å². The highest BCUT2D eigenvalue weighted by atomic mass is 32.2. The van der Waals surface area contributed by atoms with E-state index in [0.717, 1.165) is 28.0 Å². The van der Waals surface area contributed by atoms with E-state index >= 15 is 0 Å². The predicted octanol–water partition coefficient (Wildman–Crippen LogP) is 7.05. The molecule has 0 heterocycles.